The Morgan fingerprint density at radius 1 is 1.26 bits per heavy atom. The Kier molecular flexibility index (Phi) is 4.33. The number of aliphatic hydroxyl groups is 1. The third-order valence-corrected chi connectivity index (χ3v) is 4.33. The van der Waals surface area contributed by atoms with Crippen LogP contribution in [0.15, 0.2) is 17.0 Å². The van der Waals surface area contributed by atoms with Gasteiger partial charge in [-0.25, -0.2) is 17.2 Å². The molecule has 0 aliphatic heterocycles. The summed E-state index contributed by atoms with van der Waals surface area (Å²) in [7, 11) is -2.88. The van der Waals surface area contributed by atoms with Crippen molar-refractivity contribution in [2.24, 2.45) is 0 Å². The van der Waals surface area contributed by atoms with Crippen molar-refractivity contribution in [1.82, 2.24) is 4.31 Å². The number of sulfonamides is 1. The first kappa shape index (κ1) is 16.0. The molecule has 0 aliphatic rings. The number of halogens is 2. The molecule has 0 radical (unpaired) electrons. The molecule has 1 aromatic rings. The smallest absolute Gasteiger partial charge is 0.245 e. The molecular formula is C12H17F2NO3S. The van der Waals surface area contributed by atoms with E-state index in [4.69, 9.17) is 0 Å². The van der Waals surface area contributed by atoms with Crippen molar-refractivity contribution in [3.8, 4) is 0 Å². The summed E-state index contributed by atoms with van der Waals surface area (Å²) in [6.45, 7) is 4.02. The molecule has 0 saturated heterocycles. The maximum atomic E-state index is 13.6. The van der Waals surface area contributed by atoms with Gasteiger partial charge in [-0.15, -0.1) is 0 Å². The average Bonchev–Trinajstić information content (AvgIpc) is 2.20. The largest absolute Gasteiger partial charge is 0.389 e. The predicted molar refractivity (Wildman–Crippen MR) is 67.2 cm³/mol. The molecule has 0 unspecified atom stereocenters. The minimum absolute atomic E-state index is 0.0385. The lowest BCUT2D eigenvalue weighted by Crippen LogP contribution is -2.40. The van der Waals surface area contributed by atoms with E-state index in [9.17, 15) is 22.3 Å². The SMILES string of the molecule is Cc1cc(S(=O)(=O)N(C)CC(C)(C)O)c(F)cc1F. The summed E-state index contributed by atoms with van der Waals surface area (Å²) < 4.78 is 51.9. The Hall–Kier alpha value is -1.05. The lowest BCUT2D eigenvalue weighted by atomic mass is 10.1. The molecular weight excluding hydrogens is 276 g/mol. The highest BCUT2D eigenvalue weighted by Gasteiger charge is 2.29. The number of aryl methyl sites for hydroxylation is 1. The summed E-state index contributed by atoms with van der Waals surface area (Å²) in [5.74, 6) is -1.95. The molecule has 0 bridgehead atoms. The van der Waals surface area contributed by atoms with Crippen LogP contribution in [-0.2, 0) is 10.0 Å². The molecule has 0 spiro atoms. The van der Waals surface area contributed by atoms with Crippen molar-refractivity contribution in [3.63, 3.8) is 0 Å². The van der Waals surface area contributed by atoms with Crippen LogP contribution in [0.25, 0.3) is 0 Å². The first-order valence-electron chi connectivity index (χ1n) is 5.59. The Labute approximate surface area is 111 Å². The van der Waals surface area contributed by atoms with Crippen LogP contribution < -0.4 is 0 Å². The molecule has 0 aromatic heterocycles. The van der Waals surface area contributed by atoms with E-state index in [2.05, 4.69) is 0 Å². The van der Waals surface area contributed by atoms with Crippen LogP contribution in [0.3, 0.4) is 0 Å². The van der Waals surface area contributed by atoms with Crippen LogP contribution in [0.1, 0.15) is 19.4 Å². The van der Waals surface area contributed by atoms with Gasteiger partial charge < -0.3 is 5.11 Å². The van der Waals surface area contributed by atoms with Crippen molar-refractivity contribution in [2.75, 3.05) is 13.6 Å². The molecule has 1 N–H and O–H groups in total. The van der Waals surface area contributed by atoms with Crippen LogP contribution in [0.4, 0.5) is 8.78 Å². The second-order valence-corrected chi connectivity index (χ2v) is 7.12. The minimum Gasteiger partial charge on any atom is -0.389 e. The van der Waals surface area contributed by atoms with Gasteiger partial charge in [-0.05, 0) is 32.4 Å². The highest BCUT2D eigenvalue weighted by Crippen LogP contribution is 2.22. The summed E-state index contributed by atoms with van der Waals surface area (Å²) in [4.78, 5) is -0.599. The quantitative estimate of drug-likeness (QED) is 0.918. The highest BCUT2D eigenvalue weighted by atomic mass is 32.2. The Balaban J connectivity index is 3.25. The third-order valence-electron chi connectivity index (χ3n) is 2.51. The van der Waals surface area contributed by atoms with Crippen molar-refractivity contribution in [3.05, 3.63) is 29.3 Å². The Morgan fingerprint density at radius 3 is 2.26 bits per heavy atom. The standard InChI is InChI=1S/C12H17F2NO3S/c1-8-5-11(10(14)6-9(8)13)19(17,18)15(4)7-12(2,3)16/h5-6,16H,7H2,1-4H3. The van der Waals surface area contributed by atoms with E-state index in [-0.39, 0.29) is 12.1 Å². The third kappa shape index (κ3) is 3.71. The second-order valence-electron chi connectivity index (χ2n) is 5.11. The number of hydrogen-bond acceptors (Lipinski definition) is 3. The molecule has 0 amide bonds. The normalized spacial score (nSPS) is 13.1. The zero-order chi connectivity index (χ0) is 15.0. The fraction of sp³-hybridized carbons (Fsp3) is 0.500. The van der Waals surface area contributed by atoms with Crippen molar-refractivity contribution in [2.45, 2.75) is 31.3 Å². The van der Waals surface area contributed by atoms with Crippen LogP contribution in [0.5, 0.6) is 0 Å². The van der Waals surface area contributed by atoms with E-state index >= 15 is 0 Å². The van der Waals surface area contributed by atoms with Gasteiger partial charge in [0.25, 0.3) is 0 Å². The maximum Gasteiger partial charge on any atom is 0.245 e. The molecule has 0 saturated carbocycles. The van der Waals surface area contributed by atoms with Gasteiger partial charge in [-0.3, -0.25) is 0 Å². The van der Waals surface area contributed by atoms with Crippen LogP contribution in [0, 0.1) is 18.6 Å². The van der Waals surface area contributed by atoms with Gasteiger partial charge >= 0.3 is 0 Å². The molecule has 0 fully saturated rings. The van der Waals surface area contributed by atoms with Crippen molar-refractivity contribution >= 4 is 10.0 Å². The number of rotatable bonds is 4. The number of likely N-dealkylation sites (N-methyl/N-ethyl adjacent to an activating group) is 1. The van der Waals surface area contributed by atoms with Crippen molar-refractivity contribution < 1.29 is 22.3 Å². The summed E-state index contributed by atoms with van der Waals surface area (Å²) in [5, 5.41) is 9.61. The van der Waals surface area contributed by atoms with Gasteiger partial charge in [0, 0.05) is 19.7 Å². The second kappa shape index (κ2) is 5.15. The fourth-order valence-electron chi connectivity index (χ4n) is 1.63. The first-order chi connectivity index (χ1) is 8.45. The van der Waals surface area contributed by atoms with Gasteiger partial charge in [0.05, 0.1) is 5.60 Å². The Bertz CT molecular complexity index is 579. The average molecular weight is 293 g/mol. The van der Waals surface area contributed by atoms with Crippen LogP contribution in [0.2, 0.25) is 0 Å². The van der Waals surface area contributed by atoms with Crippen LogP contribution >= 0.6 is 0 Å². The first-order valence-corrected chi connectivity index (χ1v) is 7.03. The molecule has 1 aromatic carbocycles. The van der Waals surface area contributed by atoms with E-state index in [0.717, 1.165) is 10.4 Å². The van der Waals surface area contributed by atoms with Crippen molar-refractivity contribution in [1.29, 1.82) is 0 Å². The van der Waals surface area contributed by atoms with Gasteiger partial charge in [-0.2, -0.15) is 4.31 Å². The monoisotopic (exact) mass is 293 g/mol. The molecule has 19 heavy (non-hydrogen) atoms. The zero-order valence-electron chi connectivity index (χ0n) is 11.2. The Morgan fingerprint density at radius 2 is 1.79 bits per heavy atom. The van der Waals surface area contributed by atoms with Gasteiger partial charge in [0.1, 0.15) is 16.5 Å². The summed E-state index contributed by atoms with van der Waals surface area (Å²) in [6.07, 6.45) is 0. The molecule has 1 rings (SSSR count). The van der Waals surface area contributed by atoms with Gasteiger partial charge in [0.2, 0.25) is 10.0 Å². The maximum absolute atomic E-state index is 13.6. The van der Waals surface area contributed by atoms with E-state index in [1.807, 2.05) is 0 Å². The minimum atomic E-state index is -4.11. The summed E-state index contributed by atoms with van der Waals surface area (Å²) >= 11 is 0. The fourth-order valence-corrected chi connectivity index (χ4v) is 3.08. The topological polar surface area (TPSA) is 57.6 Å². The highest BCUT2D eigenvalue weighted by molar-refractivity contribution is 7.89. The van der Waals surface area contributed by atoms with Gasteiger partial charge in [0.15, 0.2) is 0 Å². The molecule has 0 atom stereocenters. The zero-order valence-corrected chi connectivity index (χ0v) is 12.1. The predicted octanol–water partition coefficient (Wildman–Crippen LogP) is 1.66. The molecule has 7 heteroatoms. The van der Waals surface area contributed by atoms with E-state index in [1.54, 1.807) is 0 Å². The lowest BCUT2D eigenvalue weighted by molar-refractivity contribution is 0.0639. The van der Waals surface area contributed by atoms with E-state index in [0.29, 0.717) is 6.07 Å². The van der Waals surface area contributed by atoms with Gasteiger partial charge in [-0.1, -0.05) is 0 Å². The summed E-state index contributed by atoms with van der Waals surface area (Å²) in [5.41, 5.74) is -1.22. The van der Waals surface area contributed by atoms with E-state index < -0.39 is 32.2 Å². The number of hydrogen-bond donors (Lipinski definition) is 1. The number of benzene rings is 1. The molecule has 4 nitrogen and oxygen atoms in total. The summed E-state index contributed by atoms with van der Waals surface area (Å²) in [6, 6.07) is 1.49. The van der Waals surface area contributed by atoms with Crippen LogP contribution in [-0.4, -0.2) is 37.0 Å². The van der Waals surface area contributed by atoms with E-state index in [1.165, 1.54) is 27.8 Å². The lowest BCUT2D eigenvalue weighted by Gasteiger charge is -2.25. The molecule has 0 heterocycles. The molecule has 108 valence electrons. The molecule has 0 aliphatic carbocycles. The number of nitrogens with zero attached hydrogens (tertiary/aromatic N) is 1.